The second-order valence-corrected chi connectivity index (χ2v) is 8.34. The topological polar surface area (TPSA) is 102 Å². The summed E-state index contributed by atoms with van der Waals surface area (Å²) < 4.78 is 7.65. The molecule has 0 radical (unpaired) electrons. The number of hydrogen-bond donors (Lipinski definition) is 2. The maximum Gasteiger partial charge on any atom is 0.164 e. The highest BCUT2D eigenvalue weighted by atomic mass is 35.5. The Hall–Kier alpha value is -2.13. The van der Waals surface area contributed by atoms with Gasteiger partial charge in [-0.15, -0.1) is 0 Å². The Morgan fingerprint density at radius 2 is 2.07 bits per heavy atom. The fourth-order valence-corrected chi connectivity index (χ4v) is 4.71. The minimum Gasteiger partial charge on any atom is -0.496 e. The van der Waals surface area contributed by atoms with E-state index in [4.69, 9.17) is 38.8 Å². The number of fused-ring (bicyclic) bond motifs is 1. The van der Waals surface area contributed by atoms with Crippen LogP contribution in [0.3, 0.4) is 0 Å². The summed E-state index contributed by atoms with van der Waals surface area (Å²) in [6.45, 7) is 6.24. The molecule has 3 heterocycles. The Labute approximate surface area is 184 Å². The summed E-state index contributed by atoms with van der Waals surface area (Å²) >= 11 is 13.1. The lowest BCUT2D eigenvalue weighted by molar-refractivity contribution is 0.114. The van der Waals surface area contributed by atoms with Crippen LogP contribution in [0.5, 0.6) is 5.75 Å². The maximum absolute atomic E-state index is 9.17. The molecule has 1 atom stereocenters. The Morgan fingerprint density at radius 1 is 1.33 bits per heavy atom. The van der Waals surface area contributed by atoms with Gasteiger partial charge in [-0.2, -0.15) is 5.10 Å². The lowest BCUT2D eigenvalue weighted by atomic mass is 9.88. The number of aromatic nitrogens is 4. The van der Waals surface area contributed by atoms with E-state index in [0.29, 0.717) is 33.8 Å². The third-order valence-electron chi connectivity index (χ3n) is 5.73. The molecule has 2 aromatic heterocycles. The van der Waals surface area contributed by atoms with Gasteiger partial charge in [0.1, 0.15) is 17.9 Å². The number of aliphatic hydroxyl groups excluding tert-OH is 1. The molecule has 3 N–H and O–H groups in total. The van der Waals surface area contributed by atoms with E-state index in [1.54, 1.807) is 7.11 Å². The summed E-state index contributed by atoms with van der Waals surface area (Å²) in [5.74, 6) is 1.28. The van der Waals surface area contributed by atoms with Gasteiger partial charge in [-0.3, -0.25) is 4.90 Å². The van der Waals surface area contributed by atoms with Crippen LogP contribution < -0.4 is 10.5 Å². The normalized spacial score (nSPS) is 16.1. The number of anilines is 1. The minimum atomic E-state index is -0.229. The first-order valence-electron chi connectivity index (χ1n) is 9.71. The Morgan fingerprint density at radius 3 is 2.73 bits per heavy atom. The van der Waals surface area contributed by atoms with Gasteiger partial charge < -0.3 is 15.6 Å². The number of benzene rings is 1. The molecule has 30 heavy (non-hydrogen) atoms. The van der Waals surface area contributed by atoms with Gasteiger partial charge in [0.15, 0.2) is 5.65 Å². The average Bonchev–Trinajstić information content (AvgIpc) is 3.04. The molecular formula is C20H24Cl2N6O2. The van der Waals surface area contributed by atoms with Crippen LogP contribution >= 0.6 is 23.2 Å². The molecule has 0 aliphatic carbocycles. The molecule has 1 aromatic carbocycles. The lowest BCUT2D eigenvalue weighted by Gasteiger charge is -2.40. The monoisotopic (exact) mass is 450 g/mol. The molecule has 1 aliphatic heterocycles. The fraction of sp³-hybridized carbons (Fsp3) is 0.450. The molecule has 0 saturated carbocycles. The van der Waals surface area contributed by atoms with Crippen molar-refractivity contribution in [3.05, 3.63) is 39.3 Å². The Bertz CT molecular complexity index is 1100. The van der Waals surface area contributed by atoms with Gasteiger partial charge in [0.05, 0.1) is 40.9 Å². The molecule has 4 rings (SSSR count). The van der Waals surface area contributed by atoms with Crippen LogP contribution in [0.25, 0.3) is 11.0 Å². The molecule has 160 valence electrons. The van der Waals surface area contributed by atoms with Crippen LogP contribution in [0.15, 0.2) is 12.4 Å². The Kier molecular flexibility index (Phi) is 5.76. The van der Waals surface area contributed by atoms with Gasteiger partial charge in [-0.05, 0) is 19.9 Å². The molecule has 1 aliphatic rings. The number of halogens is 2. The number of likely N-dealkylation sites (tertiary alicyclic amines) is 1. The van der Waals surface area contributed by atoms with E-state index in [9.17, 15) is 0 Å². The SMILES string of the molecule is COc1c([C@@H](C)n2nc(C)c3c(N)ncnc32)cc(Cl)c(Cl)c1C1CN(CCO)C1. The second kappa shape index (κ2) is 8.19. The predicted octanol–water partition coefficient (Wildman–Crippen LogP) is 3.03. The van der Waals surface area contributed by atoms with Crippen molar-refractivity contribution < 1.29 is 9.84 Å². The molecule has 8 nitrogen and oxygen atoms in total. The number of methoxy groups -OCH3 is 1. The van der Waals surface area contributed by atoms with Crippen molar-refractivity contribution >= 4 is 40.1 Å². The number of aliphatic hydroxyl groups is 1. The minimum absolute atomic E-state index is 0.131. The summed E-state index contributed by atoms with van der Waals surface area (Å²) in [7, 11) is 1.63. The highest BCUT2D eigenvalue weighted by Crippen LogP contribution is 2.46. The number of nitrogen functional groups attached to an aromatic ring is 1. The molecule has 1 fully saturated rings. The van der Waals surface area contributed by atoms with Gasteiger partial charge in [0.2, 0.25) is 0 Å². The quantitative estimate of drug-likeness (QED) is 0.594. The third-order valence-corrected chi connectivity index (χ3v) is 6.53. The van der Waals surface area contributed by atoms with E-state index in [0.717, 1.165) is 35.3 Å². The van der Waals surface area contributed by atoms with E-state index >= 15 is 0 Å². The van der Waals surface area contributed by atoms with Crippen molar-refractivity contribution in [1.82, 2.24) is 24.6 Å². The number of aryl methyl sites for hydroxylation is 1. The first-order valence-corrected chi connectivity index (χ1v) is 10.5. The van der Waals surface area contributed by atoms with Gasteiger partial charge >= 0.3 is 0 Å². The molecule has 0 spiro atoms. The predicted molar refractivity (Wildman–Crippen MR) is 118 cm³/mol. The molecular weight excluding hydrogens is 427 g/mol. The molecule has 0 unspecified atom stereocenters. The van der Waals surface area contributed by atoms with Crippen molar-refractivity contribution in [2.75, 3.05) is 39.1 Å². The molecule has 0 bridgehead atoms. The zero-order valence-corrected chi connectivity index (χ0v) is 18.6. The molecule has 3 aromatic rings. The van der Waals surface area contributed by atoms with Gasteiger partial charge in [-0.1, -0.05) is 23.2 Å². The van der Waals surface area contributed by atoms with Crippen molar-refractivity contribution in [2.24, 2.45) is 0 Å². The summed E-state index contributed by atoms with van der Waals surface area (Å²) in [6.07, 6.45) is 1.43. The standard InChI is InChI=1S/C20H24Cl2N6O2/c1-10-15-19(23)24-9-25-20(15)28(26-10)11(2)13-6-14(21)17(22)16(18(13)30-3)12-7-27(8-12)4-5-29/h6,9,11-12,29H,4-5,7-8H2,1-3H3,(H2,23,24,25)/t11-/m1/s1. The maximum atomic E-state index is 9.17. The van der Waals surface area contributed by atoms with Gasteiger partial charge in [0, 0.05) is 36.7 Å². The number of ether oxygens (including phenoxy) is 1. The summed E-state index contributed by atoms with van der Waals surface area (Å²) in [6, 6.07) is 1.60. The summed E-state index contributed by atoms with van der Waals surface area (Å²) in [4.78, 5) is 10.6. The zero-order valence-electron chi connectivity index (χ0n) is 17.1. The zero-order chi connectivity index (χ0) is 21.6. The first-order chi connectivity index (χ1) is 14.4. The highest BCUT2D eigenvalue weighted by molar-refractivity contribution is 6.42. The molecule has 10 heteroatoms. The lowest BCUT2D eigenvalue weighted by Crippen LogP contribution is -2.46. The van der Waals surface area contributed by atoms with Crippen molar-refractivity contribution in [3.8, 4) is 5.75 Å². The van der Waals surface area contributed by atoms with Crippen LogP contribution in [-0.4, -0.2) is 63.1 Å². The Balaban J connectivity index is 1.81. The van der Waals surface area contributed by atoms with Crippen LogP contribution in [0, 0.1) is 6.92 Å². The molecule has 1 saturated heterocycles. The fourth-order valence-electron chi connectivity index (χ4n) is 4.20. The van der Waals surface area contributed by atoms with E-state index in [1.807, 2.05) is 24.6 Å². The number of nitrogens with zero attached hydrogens (tertiary/aromatic N) is 5. The van der Waals surface area contributed by atoms with Gasteiger partial charge in [0.25, 0.3) is 0 Å². The van der Waals surface area contributed by atoms with Gasteiger partial charge in [-0.25, -0.2) is 14.6 Å². The average molecular weight is 451 g/mol. The van der Waals surface area contributed by atoms with Crippen LogP contribution in [0.1, 0.15) is 35.7 Å². The summed E-state index contributed by atoms with van der Waals surface area (Å²) in [5, 5.41) is 15.5. The van der Waals surface area contributed by atoms with E-state index in [-0.39, 0.29) is 18.6 Å². The largest absolute Gasteiger partial charge is 0.496 e. The number of rotatable bonds is 6. The van der Waals surface area contributed by atoms with Crippen molar-refractivity contribution in [1.29, 1.82) is 0 Å². The van der Waals surface area contributed by atoms with Crippen molar-refractivity contribution in [3.63, 3.8) is 0 Å². The number of β-amino-alcohol motifs (C(OH)–C–C–N with tert-alkyl or cyclic N) is 1. The van der Waals surface area contributed by atoms with E-state index in [1.165, 1.54) is 6.33 Å². The van der Waals surface area contributed by atoms with E-state index in [2.05, 4.69) is 20.0 Å². The van der Waals surface area contributed by atoms with E-state index < -0.39 is 0 Å². The summed E-state index contributed by atoms with van der Waals surface area (Å²) in [5.41, 5.74) is 9.21. The number of nitrogens with two attached hydrogens (primary N) is 1. The van der Waals surface area contributed by atoms with Crippen LogP contribution in [0.2, 0.25) is 10.0 Å². The highest BCUT2D eigenvalue weighted by Gasteiger charge is 2.34. The van der Waals surface area contributed by atoms with Crippen LogP contribution in [-0.2, 0) is 0 Å². The van der Waals surface area contributed by atoms with Crippen LogP contribution in [0.4, 0.5) is 5.82 Å². The second-order valence-electron chi connectivity index (χ2n) is 7.55. The van der Waals surface area contributed by atoms with Crippen molar-refractivity contribution in [2.45, 2.75) is 25.8 Å². The smallest absolute Gasteiger partial charge is 0.164 e. The molecule has 0 amide bonds. The third kappa shape index (κ3) is 3.37. The number of hydrogen-bond acceptors (Lipinski definition) is 7. The first kappa shape index (κ1) is 21.1.